The molecule has 5 heterocycles. The predicted molar refractivity (Wildman–Crippen MR) is 122 cm³/mol. The van der Waals surface area contributed by atoms with E-state index in [4.69, 9.17) is 15.3 Å². The van der Waals surface area contributed by atoms with E-state index in [2.05, 4.69) is 35.6 Å². The highest BCUT2D eigenvalue weighted by Crippen LogP contribution is 2.32. The molecule has 8 heteroatoms. The molecule has 1 atom stereocenters. The Kier molecular flexibility index (Phi) is 6.35. The van der Waals surface area contributed by atoms with Gasteiger partial charge in [0.25, 0.3) is 5.91 Å². The van der Waals surface area contributed by atoms with Crippen LogP contribution in [0.15, 0.2) is 30.6 Å². The summed E-state index contributed by atoms with van der Waals surface area (Å²) in [6.45, 7) is 10.4. The highest BCUT2D eigenvalue weighted by molar-refractivity contribution is 5.94. The number of aromatic nitrogens is 4. The molecule has 2 saturated heterocycles. The van der Waals surface area contributed by atoms with Crippen LogP contribution in [0.5, 0.6) is 0 Å². The number of hydrogen-bond donors (Lipinski definition) is 0. The van der Waals surface area contributed by atoms with Gasteiger partial charge in [-0.25, -0.2) is 14.8 Å². The summed E-state index contributed by atoms with van der Waals surface area (Å²) in [5, 5.41) is 11.3. The summed E-state index contributed by atoms with van der Waals surface area (Å²) in [6.07, 6.45) is 9.23. The quantitative estimate of drug-likeness (QED) is 0.626. The van der Waals surface area contributed by atoms with Crippen LogP contribution in [0, 0.1) is 25.7 Å². The maximum absolute atomic E-state index is 13.3. The lowest BCUT2D eigenvalue weighted by molar-refractivity contribution is 0.0598. The van der Waals surface area contributed by atoms with E-state index in [1.165, 1.54) is 12.8 Å². The number of nitrogens with zero attached hydrogens (tertiary/aromatic N) is 7. The Morgan fingerprint density at radius 1 is 1.09 bits per heavy atom. The first-order valence-corrected chi connectivity index (χ1v) is 11.2. The third-order valence-corrected chi connectivity index (χ3v) is 6.35. The van der Waals surface area contributed by atoms with Crippen LogP contribution in [0.3, 0.4) is 0 Å². The lowest BCUT2D eigenvalue weighted by Gasteiger charge is -2.34. The third kappa shape index (κ3) is 4.03. The lowest BCUT2D eigenvalue weighted by atomic mass is 9.98. The van der Waals surface area contributed by atoms with Crippen molar-refractivity contribution in [3.63, 3.8) is 0 Å². The summed E-state index contributed by atoms with van der Waals surface area (Å²) < 4.78 is 1.87. The molecule has 2 aliphatic heterocycles. The Balaban J connectivity index is 0.00000119. The molecule has 5 rings (SSSR count). The van der Waals surface area contributed by atoms with Gasteiger partial charge in [-0.05, 0) is 57.6 Å². The van der Waals surface area contributed by atoms with Crippen LogP contribution in [0.1, 0.15) is 65.5 Å². The van der Waals surface area contributed by atoms with Gasteiger partial charge in [-0.1, -0.05) is 6.07 Å². The lowest BCUT2D eigenvalue weighted by Crippen LogP contribution is -2.39. The van der Waals surface area contributed by atoms with E-state index >= 15 is 0 Å². The van der Waals surface area contributed by atoms with Crippen molar-refractivity contribution >= 4 is 17.4 Å². The third-order valence-electron chi connectivity index (χ3n) is 6.35. The van der Waals surface area contributed by atoms with Gasteiger partial charge in [0.15, 0.2) is 5.65 Å². The number of carbonyl (C=O) groups excluding carboxylic acids is 1. The molecule has 0 spiro atoms. The topological polar surface area (TPSA) is 90.4 Å². The molecule has 32 heavy (non-hydrogen) atoms. The van der Waals surface area contributed by atoms with E-state index in [1.54, 1.807) is 6.20 Å². The van der Waals surface area contributed by atoms with Crippen molar-refractivity contribution < 1.29 is 4.79 Å². The molecule has 0 aliphatic carbocycles. The van der Waals surface area contributed by atoms with Crippen LogP contribution in [0.25, 0.3) is 5.65 Å². The van der Waals surface area contributed by atoms with Crippen molar-refractivity contribution in [2.24, 2.45) is 0 Å². The predicted octanol–water partition coefficient (Wildman–Crippen LogP) is 3.85. The molecule has 0 aromatic carbocycles. The van der Waals surface area contributed by atoms with Crippen LogP contribution in [0.2, 0.25) is 0 Å². The van der Waals surface area contributed by atoms with Crippen molar-refractivity contribution in [1.82, 2.24) is 24.5 Å². The van der Waals surface area contributed by atoms with Crippen molar-refractivity contribution in [3.8, 4) is 6.57 Å². The van der Waals surface area contributed by atoms with Gasteiger partial charge < -0.3 is 9.80 Å². The Bertz CT molecular complexity index is 1130. The zero-order valence-corrected chi connectivity index (χ0v) is 18.7. The van der Waals surface area contributed by atoms with Crippen LogP contribution in [-0.4, -0.2) is 50.0 Å². The maximum atomic E-state index is 13.3. The molecule has 2 fully saturated rings. The zero-order chi connectivity index (χ0) is 22.7. The van der Waals surface area contributed by atoms with Crippen LogP contribution in [0.4, 0.5) is 5.82 Å². The van der Waals surface area contributed by atoms with E-state index in [9.17, 15) is 4.79 Å². The first-order chi connectivity index (χ1) is 15.6. The van der Waals surface area contributed by atoms with Crippen molar-refractivity contribution in [2.75, 3.05) is 24.5 Å². The molecule has 0 bridgehead atoms. The fourth-order valence-electron chi connectivity index (χ4n) is 4.76. The van der Waals surface area contributed by atoms with E-state index in [-0.39, 0.29) is 11.9 Å². The SMILES string of the molecule is C#N.Cc1cccnc1C(=O)N1CCCCC1c1cc2nc(N3CCCC3)c(C)cn2n1. The minimum atomic E-state index is -0.0371. The Hall–Kier alpha value is -3.47. The molecular weight excluding hydrogens is 402 g/mol. The summed E-state index contributed by atoms with van der Waals surface area (Å²) in [4.78, 5) is 26.9. The van der Waals surface area contributed by atoms with Gasteiger partial charge in [0.2, 0.25) is 0 Å². The number of carbonyl (C=O) groups is 1. The van der Waals surface area contributed by atoms with Gasteiger partial charge in [0.05, 0.1) is 11.7 Å². The minimum Gasteiger partial charge on any atom is -0.356 e. The minimum absolute atomic E-state index is 0.00301. The van der Waals surface area contributed by atoms with E-state index in [0.29, 0.717) is 5.69 Å². The Morgan fingerprint density at radius 3 is 2.59 bits per heavy atom. The number of anilines is 1. The van der Waals surface area contributed by atoms with E-state index < -0.39 is 0 Å². The van der Waals surface area contributed by atoms with Gasteiger partial charge in [-0.15, -0.1) is 0 Å². The first-order valence-electron chi connectivity index (χ1n) is 11.2. The molecule has 0 radical (unpaired) electrons. The average Bonchev–Trinajstić information content (AvgIpc) is 3.49. The molecule has 0 saturated carbocycles. The van der Waals surface area contributed by atoms with Gasteiger partial charge in [0.1, 0.15) is 11.5 Å². The number of nitriles is 1. The van der Waals surface area contributed by atoms with Crippen molar-refractivity contribution in [1.29, 1.82) is 5.26 Å². The number of piperidine rings is 1. The summed E-state index contributed by atoms with van der Waals surface area (Å²) in [5.74, 6) is 1.06. The molecule has 1 amide bonds. The maximum Gasteiger partial charge on any atom is 0.273 e. The highest BCUT2D eigenvalue weighted by atomic mass is 16.2. The molecule has 1 unspecified atom stereocenters. The van der Waals surface area contributed by atoms with Crippen molar-refractivity contribution in [3.05, 3.63) is 53.1 Å². The van der Waals surface area contributed by atoms with Crippen LogP contribution < -0.4 is 4.90 Å². The van der Waals surface area contributed by atoms with Crippen LogP contribution >= 0.6 is 0 Å². The fraction of sp³-hybridized carbons (Fsp3) is 0.458. The van der Waals surface area contributed by atoms with Crippen molar-refractivity contribution in [2.45, 2.75) is 52.0 Å². The normalized spacial score (nSPS) is 18.4. The second kappa shape index (κ2) is 9.35. The first kappa shape index (κ1) is 21.8. The molecule has 0 N–H and O–H groups in total. The average molecular weight is 432 g/mol. The highest BCUT2D eigenvalue weighted by Gasteiger charge is 2.32. The second-order valence-electron chi connectivity index (χ2n) is 8.49. The standard InChI is InChI=1S/C23H28N6O.CHN/c1-16-8-7-10-24-21(16)23(30)28-13-4-3-9-19(28)18-14-20-25-22(27-11-5-6-12-27)17(2)15-29(20)26-18;1-2/h7-8,10,14-15,19H,3-6,9,11-13H2,1-2H3;1H. The van der Waals surface area contributed by atoms with Gasteiger partial charge in [0, 0.05) is 50.2 Å². The van der Waals surface area contributed by atoms with Crippen LogP contribution in [-0.2, 0) is 0 Å². The molecule has 3 aromatic rings. The number of likely N-dealkylation sites (tertiary alicyclic amines) is 1. The summed E-state index contributed by atoms with van der Waals surface area (Å²) >= 11 is 0. The van der Waals surface area contributed by atoms with Gasteiger partial charge in [-0.2, -0.15) is 5.10 Å². The number of amides is 1. The molecule has 3 aromatic heterocycles. The fourth-order valence-corrected chi connectivity index (χ4v) is 4.76. The molecule has 2 aliphatic rings. The number of rotatable bonds is 3. The molecule has 166 valence electrons. The second-order valence-corrected chi connectivity index (χ2v) is 8.49. The number of hydrogen-bond acceptors (Lipinski definition) is 6. The Morgan fingerprint density at radius 2 is 1.84 bits per heavy atom. The Labute approximate surface area is 188 Å². The summed E-state index contributed by atoms with van der Waals surface area (Å²) in [6, 6.07) is 5.83. The monoisotopic (exact) mass is 431 g/mol. The molecule has 8 nitrogen and oxygen atoms in total. The smallest absolute Gasteiger partial charge is 0.273 e. The van der Waals surface area contributed by atoms with E-state index in [1.807, 2.05) is 28.5 Å². The van der Waals surface area contributed by atoms with E-state index in [0.717, 1.165) is 67.2 Å². The van der Waals surface area contributed by atoms with Gasteiger partial charge >= 0.3 is 0 Å². The molecular formula is C24H29N7O. The summed E-state index contributed by atoms with van der Waals surface area (Å²) in [7, 11) is 0. The number of pyridine rings is 1. The zero-order valence-electron chi connectivity index (χ0n) is 18.7. The largest absolute Gasteiger partial charge is 0.356 e. The number of aryl methyl sites for hydroxylation is 2. The summed E-state index contributed by atoms with van der Waals surface area (Å²) in [5.41, 5.74) is 4.36. The van der Waals surface area contributed by atoms with Gasteiger partial charge in [-0.3, -0.25) is 9.78 Å². The number of fused-ring (bicyclic) bond motifs is 1.